The molecule has 0 atom stereocenters. The van der Waals surface area contributed by atoms with Gasteiger partial charge in [0.25, 0.3) is 0 Å². The van der Waals surface area contributed by atoms with Gasteiger partial charge in [0.15, 0.2) is 11.4 Å². The molecule has 0 bridgehead atoms. The summed E-state index contributed by atoms with van der Waals surface area (Å²) in [6.45, 7) is 0. The number of hydrogen-bond donors (Lipinski definition) is 2. The largest absolute Gasteiger partial charge is 0.435 e. The van der Waals surface area contributed by atoms with Crippen molar-refractivity contribution in [3.63, 3.8) is 0 Å². The lowest BCUT2D eigenvalue weighted by atomic mass is 10.4. The third-order valence-electron chi connectivity index (χ3n) is 2.39. The SMILES string of the molecule is CNc1nc(Oc2cnn(C)c2)c2cn[nH]c2n1. The van der Waals surface area contributed by atoms with Gasteiger partial charge in [0.1, 0.15) is 5.39 Å². The number of fused-ring (bicyclic) bond motifs is 1. The molecular formula is C10H11N7O. The van der Waals surface area contributed by atoms with Gasteiger partial charge in [0.2, 0.25) is 11.8 Å². The van der Waals surface area contributed by atoms with Crippen LogP contribution in [-0.2, 0) is 7.05 Å². The fourth-order valence-electron chi connectivity index (χ4n) is 1.56. The van der Waals surface area contributed by atoms with Crippen LogP contribution >= 0.6 is 0 Å². The van der Waals surface area contributed by atoms with Crippen LogP contribution in [0.4, 0.5) is 5.95 Å². The van der Waals surface area contributed by atoms with Crippen molar-refractivity contribution in [2.75, 3.05) is 12.4 Å². The van der Waals surface area contributed by atoms with E-state index in [9.17, 15) is 0 Å². The molecular weight excluding hydrogens is 234 g/mol. The molecule has 0 aliphatic rings. The number of nitrogens with one attached hydrogen (secondary N) is 2. The van der Waals surface area contributed by atoms with Crippen molar-refractivity contribution >= 4 is 17.0 Å². The third kappa shape index (κ3) is 1.73. The number of anilines is 1. The molecule has 0 aliphatic carbocycles. The van der Waals surface area contributed by atoms with Gasteiger partial charge in [-0.05, 0) is 0 Å². The van der Waals surface area contributed by atoms with E-state index in [0.29, 0.717) is 23.2 Å². The van der Waals surface area contributed by atoms with E-state index >= 15 is 0 Å². The summed E-state index contributed by atoms with van der Waals surface area (Å²) in [5.41, 5.74) is 0.619. The summed E-state index contributed by atoms with van der Waals surface area (Å²) in [7, 11) is 3.56. The molecule has 3 aromatic rings. The second kappa shape index (κ2) is 3.99. The van der Waals surface area contributed by atoms with E-state index in [4.69, 9.17) is 4.74 Å². The third-order valence-corrected chi connectivity index (χ3v) is 2.39. The Kier molecular flexibility index (Phi) is 2.33. The number of aromatic nitrogens is 6. The zero-order chi connectivity index (χ0) is 12.5. The molecule has 0 unspecified atom stereocenters. The Morgan fingerprint density at radius 1 is 1.33 bits per heavy atom. The minimum absolute atomic E-state index is 0.436. The Morgan fingerprint density at radius 3 is 2.94 bits per heavy atom. The zero-order valence-corrected chi connectivity index (χ0v) is 9.88. The molecule has 3 aromatic heterocycles. The molecule has 0 aliphatic heterocycles. The molecule has 0 radical (unpaired) electrons. The van der Waals surface area contributed by atoms with Gasteiger partial charge in [0, 0.05) is 14.1 Å². The number of H-pyrrole nitrogens is 1. The van der Waals surface area contributed by atoms with Crippen LogP contribution in [0, 0.1) is 0 Å². The summed E-state index contributed by atoms with van der Waals surface area (Å²) in [5, 5.41) is 14.3. The maximum atomic E-state index is 5.68. The number of nitrogens with zero attached hydrogens (tertiary/aromatic N) is 5. The van der Waals surface area contributed by atoms with Crippen molar-refractivity contribution in [3.05, 3.63) is 18.6 Å². The van der Waals surface area contributed by atoms with Gasteiger partial charge in [-0.2, -0.15) is 20.2 Å². The van der Waals surface area contributed by atoms with Gasteiger partial charge in [-0.1, -0.05) is 0 Å². The predicted octanol–water partition coefficient (Wildman–Crippen LogP) is 0.920. The highest BCUT2D eigenvalue weighted by molar-refractivity contribution is 5.80. The average molecular weight is 245 g/mol. The van der Waals surface area contributed by atoms with Crippen LogP contribution in [0.25, 0.3) is 11.0 Å². The predicted molar refractivity (Wildman–Crippen MR) is 64.5 cm³/mol. The molecule has 8 heteroatoms. The second-order valence-corrected chi connectivity index (χ2v) is 3.69. The summed E-state index contributed by atoms with van der Waals surface area (Å²) in [5.74, 6) is 1.51. The lowest BCUT2D eigenvalue weighted by Crippen LogP contribution is -1.98. The molecule has 0 amide bonds. The van der Waals surface area contributed by atoms with Crippen molar-refractivity contribution in [2.24, 2.45) is 7.05 Å². The van der Waals surface area contributed by atoms with E-state index in [1.807, 2.05) is 7.05 Å². The summed E-state index contributed by atoms with van der Waals surface area (Å²) in [6, 6.07) is 0. The van der Waals surface area contributed by atoms with Crippen LogP contribution in [0.5, 0.6) is 11.6 Å². The van der Waals surface area contributed by atoms with Crippen molar-refractivity contribution in [3.8, 4) is 11.6 Å². The first kappa shape index (κ1) is 10.5. The standard InChI is InChI=1S/C10H11N7O/c1-11-10-14-8-7(4-12-16-8)9(15-10)18-6-3-13-17(2)5-6/h3-5H,1-2H3,(H2,11,12,14,15,16). The highest BCUT2D eigenvalue weighted by Crippen LogP contribution is 2.26. The van der Waals surface area contributed by atoms with Crippen LogP contribution in [0.3, 0.4) is 0 Å². The number of aryl methyl sites for hydroxylation is 1. The van der Waals surface area contributed by atoms with E-state index in [0.717, 1.165) is 5.39 Å². The van der Waals surface area contributed by atoms with E-state index in [-0.39, 0.29) is 0 Å². The van der Waals surface area contributed by atoms with E-state index in [2.05, 4.69) is 30.6 Å². The first-order valence-electron chi connectivity index (χ1n) is 5.31. The van der Waals surface area contributed by atoms with Gasteiger partial charge in [-0.3, -0.25) is 9.78 Å². The monoisotopic (exact) mass is 245 g/mol. The Balaban J connectivity index is 2.06. The maximum Gasteiger partial charge on any atom is 0.235 e. The highest BCUT2D eigenvalue weighted by Gasteiger charge is 2.11. The Bertz CT molecular complexity index is 686. The van der Waals surface area contributed by atoms with Crippen LogP contribution in [0.1, 0.15) is 0 Å². The maximum absolute atomic E-state index is 5.68. The smallest absolute Gasteiger partial charge is 0.235 e. The molecule has 8 nitrogen and oxygen atoms in total. The van der Waals surface area contributed by atoms with Gasteiger partial charge in [-0.15, -0.1) is 0 Å². The minimum Gasteiger partial charge on any atom is -0.435 e. The Morgan fingerprint density at radius 2 is 2.22 bits per heavy atom. The number of aromatic amines is 1. The Labute approximate surface area is 102 Å². The fourth-order valence-corrected chi connectivity index (χ4v) is 1.56. The lowest BCUT2D eigenvalue weighted by Gasteiger charge is -2.04. The summed E-state index contributed by atoms with van der Waals surface area (Å²) in [4.78, 5) is 8.47. The number of rotatable bonds is 3. The molecule has 0 saturated heterocycles. The lowest BCUT2D eigenvalue weighted by molar-refractivity contribution is 0.468. The average Bonchev–Trinajstić information content (AvgIpc) is 2.98. The van der Waals surface area contributed by atoms with Gasteiger partial charge < -0.3 is 10.1 Å². The van der Waals surface area contributed by atoms with Crippen LogP contribution in [0.15, 0.2) is 18.6 Å². The summed E-state index contributed by atoms with van der Waals surface area (Å²) < 4.78 is 7.33. The molecule has 3 heterocycles. The van der Waals surface area contributed by atoms with Crippen molar-refractivity contribution < 1.29 is 4.74 Å². The van der Waals surface area contributed by atoms with Crippen LogP contribution in [-0.4, -0.2) is 37.0 Å². The van der Waals surface area contributed by atoms with Crippen LogP contribution < -0.4 is 10.1 Å². The van der Waals surface area contributed by atoms with E-state index < -0.39 is 0 Å². The molecule has 2 N–H and O–H groups in total. The molecule has 3 rings (SSSR count). The first-order chi connectivity index (χ1) is 8.76. The molecule has 18 heavy (non-hydrogen) atoms. The molecule has 0 saturated carbocycles. The Hall–Kier alpha value is -2.64. The quantitative estimate of drug-likeness (QED) is 0.712. The molecule has 0 spiro atoms. The minimum atomic E-state index is 0.436. The van der Waals surface area contributed by atoms with Gasteiger partial charge in [0.05, 0.1) is 18.6 Å². The number of ether oxygens (including phenoxy) is 1. The van der Waals surface area contributed by atoms with Crippen molar-refractivity contribution in [1.29, 1.82) is 0 Å². The van der Waals surface area contributed by atoms with Crippen molar-refractivity contribution in [2.45, 2.75) is 0 Å². The zero-order valence-electron chi connectivity index (χ0n) is 9.88. The van der Waals surface area contributed by atoms with E-state index in [1.54, 1.807) is 30.3 Å². The number of hydrogen-bond acceptors (Lipinski definition) is 6. The molecule has 0 fully saturated rings. The van der Waals surface area contributed by atoms with Gasteiger partial charge >= 0.3 is 0 Å². The van der Waals surface area contributed by atoms with E-state index in [1.165, 1.54) is 0 Å². The first-order valence-corrected chi connectivity index (χ1v) is 5.31. The van der Waals surface area contributed by atoms with Gasteiger partial charge in [-0.25, -0.2) is 0 Å². The van der Waals surface area contributed by atoms with Crippen LogP contribution in [0.2, 0.25) is 0 Å². The highest BCUT2D eigenvalue weighted by atomic mass is 16.5. The fraction of sp³-hybridized carbons (Fsp3) is 0.200. The normalized spacial score (nSPS) is 10.8. The summed E-state index contributed by atoms with van der Waals surface area (Å²) in [6.07, 6.45) is 5.00. The summed E-state index contributed by atoms with van der Waals surface area (Å²) >= 11 is 0. The van der Waals surface area contributed by atoms with Crippen molar-refractivity contribution in [1.82, 2.24) is 29.9 Å². The molecule has 0 aromatic carbocycles. The topological polar surface area (TPSA) is 93.5 Å². The molecule has 92 valence electrons. The second-order valence-electron chi connectivity index (χ2n) is 3.69.